The minimum atomic E-state index is 0. The molecule has 0 spiro atoms. The predicted molar refractivity (Wildman–Crippen MR) is 88.4 cm³/mol. The molecule has 0 radical (unpaired) electrons. The quantitative estimate of drug-likeness (QED) is 0.759. The molecule has 0 bridgehead atoms. The van der Waals surface area contributed by atoms with E-state index in [4.69, 9.17) is 5.73 Å². The zero-order chi connectivity index (χ0) is 14.1. The molecule has 1 aromatic heterocycles. The topological polar surface area (TPSA) is 49.6 Å². The molecule has 1 rings (SSSR count). The van der Waals surface area contributed by atoms with Gasteiger partial charge < -0.3 is 15.5 Å². The second-order valence-electron chi connectivity index (χ2n) is 4.46. The van der Waals surface area contributed by atoms with E-state index < -0.39 is 0 Å². The van der Waals surface area contributed by atoms with Crippen molar-refractivity contribution < 1.29 is 4.79 Å². The van der Waals surface area contributed by atoms with E-state index in [1.54, 1.807) is 11.3 Å². The van der Waals surface area contributed by atoms with Gasteiger partial charge >= 0.3 is 0 Å². The Labute approximate surface area is 132 Å². The van der Waals surface area contributed by atoms with Crippen LogP contribution in [-0.4, -0.2) is 48.4 Å². The molecule has 0 saturated carbocycles. The highest BCUT2D eigenvalue weighted by molar-refractivity contribution is 7.09. The van der Waals surface area contributed by atoms with Crippen LogP contribution in [0.25, 0.3) is 0 Å². The minimum Gasteiger partial charge on any atom is -0.336 e. The van der Waals surface area contributed by atoms with Crippen LogP contribution in [0, 0.1) is 0 Å². The average Bonchev–Trinajstić information content (AvgIpc) is 2.91. The van der Waals surface area contributed by atoms with Crippen molar-refractivity contribution in [3.05, 3.63) is 22.4 Å². The fraction of sp³-hybridized carbons (Fsp3) is 0.643. The van der Waals surface area contributed by atoms with E-state index in [1.807, 2.05) is 16.3 Å². The molecule has 0 aromatic carbocycles. The van der Waals surface area contributed by atoms with E-state index >= 15 is 0 Å². The van der Waals surface area contributed by atoms with Crippen LogP contribution in [0.1, 0.15) is 25.1 Å². The second kappa shape index (κ2) is 11.1. The molecule has 0 fully saturated rings. The number of hydrogen-bond acceptors (Lipinski definition) is 4. The fourth-order valence-corrected chi connectivity index (χ4v) is 2.69. The van der Waals surface area contributed by atoms with Gasteiger partial charge in [-0.2, -0.15) is 0 Å². The van der Waals surface area contributed by atoms with Gasteiger partial charge in [-0.15, -0.1) is 23.7 Å². The normalized spacial score (nSPS) is 10.4. The molecule has 20 heavy (non-hydrogen) atoms. The van der Waals surface area contributed by atoms with Crippen molar-refractivity contribution in [2.24, 2.45) is 5.73 Å². The third-order valence-electron chi connectivity index (χ3n) is 3.22. The molecule has 0 atom stereocenters. The van der Waals surface area contributed by atoms with Gasteiger partial charge in [0.05, 0.1) is 6.54 Å². The van der Waals surface area contributed by atoms with Crippen molar-refractivity contribution in [2.45, 2.75) is 26.8 Å². The molecule has 2 N–H and O–H groups in total. The van der Waals surface area contributed by atoms with E-state index in [-0.39, 0.29) is 18.3 Å². The summed E-state index contributed by atoms with van der Waals surface area (Å²) < 4.78 is 0. The molecular weight excluding hydrogens is 294 g/mol. The molecule has 1 heterocycles. The first-order valence-corrected chi connectivity index (χ1v) is 7.81. The number of halogens is 1. The van der Waals surface area contributed by atoms with E-state index in [2.05, 4.69) is 24.8 Å². The van der Waals surface area contributed by atoms with E-state index in [0.29, 0.717) is 19.5 Å². The molecule has 0 saturated heterocycles. The number of nitrogens with two attached hydrogens (primary N) is 1. The van der Waals surface area contributed by atoms with Crippen LogP contribution in [0.3, 0.4) is 0 Å². The van der Waals surface area contributed by atoms with Gasteiger partial charge in [-0.25, -0.2) is 0 Å². The van der Waals surface area contributed by atoms with Gasteiger partial charge in [0.2, 0.25) is 5.91 Å². The Hall–Kier alpha value is -0.620. The summed E-state index contributed by atoms with van der Waals surface area (Å²) in [5, 5.41) is 2.05. The second-order valence-corrected chi connectivity index (χ2v) is 5.49. The molecule has 1 aromatic rings. The Bertz CT molecular complexity index is 355. The van der Waals surface area contributed by atoms with Gasteiger partial charge in [0.1, 0.15) is 0 Å². The van der Waals surface area contributed by atoms with Crippen molar-refractivity contribution in [1.82, 2.24) is 9.80 Å². The lowest BCUT2D eigenvalue weighted by Gasteiger charge is -2.26. The van der Waals surface area contributed by atoms with Crippen LogP contribution in [0.4, 0.5) is 0 Å². The monoisotopic (exact) mass is 319 g/mol. The Balaban J connectivity index is 0.00000361. The number of nitrogens with zero attached hydrogens (tertiary/aromatic N) is 2. The third-order valence-corrected chi connectivity index (χ3v) is 4.08. The molecule has 0 unspecified atom stereocenters. The lowest BCUT2D eigenvalue weighted by atomic mass is 10.3. The molecule has 0 aliphatic carbocycles. The first-order chi connectivity index (χ1) is 9.21. The molecule has 0 aliphatic rings. The van der Waals surface area contributed by atoms with Gasteiger partial charge in [-0.3, -0.25) is 4.79 Å². The smallest absolute Gasteiger partial charge is 0.224 e. The highest BCUT2D eigenvalue weighted by Gasteiger charge is 2.14. The molecule has 6 heteroatoms. The lowest BCUT2D eigenvalue weighted by Crippen LogP contribution is -2.38. The van der Waals surface area contributed by atoms with Gasteiger partial charge in [-0.05, 0) is 24.5 Å². The standard InChI is InChI=1S/C14H25N3OS.ClH/c1-3-16(4-2)9-10-17(14(18)7-8-15)12-13-6-5-11-19-13;/h5-6,11H,3-4,7-10,12,15H2,1-2H3;1H. The average molecular weight is 320 g/mol. The van der Waals surface area contributed by atoms with E-state index in [9.17, 15) is 4.79 Å². The lowest BCUT2D eigenvalue weighted by molar-refractivity contribution is -0.131. The summed E-state index contributed by atoms with van der Waals surface area (Å²) in [6, 6.07) is 4.10. The van der Waals surface area contributed by atoms with Crippen molar-refractivity contribution in [3.8, 4) is 0 Å². The summed E-state index contributed by atoms with van der Waals surface area (Å²) in [6.45, 7) is 9.17. The summed E-state index contributed by atoms with van der Waals surface area (Å²) in [4.78, 5) is 17.6. The highest BCUT2D eigenvalue weighted by Crippen LogP contribution is 2.12. The molecule has 1 amide bonds. The number of hydrogen-bond donors (Lipinski definition) is 1. The van der Waals surface area contributed by atoms with Crippen molar-refractivity contribution in [2.75, 3.05) is 32.7 Å². The van der Waals surface area contributed by atoms with Crippen LogP contribution >= 0.6 is 23.7 Å². The Kier molecular flexibility index (Phi) is 10.7. The maximum Gasteiger partial charge on any atom is 0.224 e. The zero-order valence-electron chi connectivity index (χ0n) is 12.4. The van der Waals surface area contributed by atoms with Gasteiger partial charge in [0.25, 0.3) is 0 Å². The van der Waals surface area contributed by atoms with Crippen molar-refractivity contribution >= 4 is 29.7 Å². The Morgan fingerprint density at radius 1 is 1.30 bits per heavy atom. The first-order valence-electron chi connectivity index (χ1n) is 6.93. The van der Waals surface area contributed by atoms with Crippen molar-refractivity contribution in [3.63, 3.8) is 0 Å². The maximum absolute atomic E-state index is 12.1. The van der Waals surface area contributed by atoms with Crippen LogP contribution in [-0.2, 0) is 11.3 Å². The highest BCUT2D eigenvalue weighted by atomic mass is 35.5. The number of rotatable bonds is 9. The summed E-state index contributed by atoms with van der Waals surface area (Å²) in [7, 11) is 0. The zero-order valence-corrected chi connectivity index (χ0v) is 14.0. The van der Waals surface area contributed by atoms with Gasteiger partial charge in [0, 0.05) is 30.9 Å². The number of thiophene rings is 1. The Morgan fingerprint density at radius 3 is 2.50 bits per heavy atom. The van der Waals surface area contributed by atoms with Crippen LogP contribution in [0.15, 0.2) is 17.5 Å². The molecule has 0 aliphatic heterocycles. The third kappa shape index (κ3) is 6.70. The van der Waals surface area contributed by atoms with Gasteiger partial charge in [-0.1, -0.05) is 19.9 Å². The number of carbonyl (C=O) groups is 1. The summed E-state index contributed by atoms with van der Waals surface area (Å²) >= 11 is 1.69. The SMILES string of the molecule is CCN(CC)CCN(Cc1cccs1)C(=O)CCN.Cl. The van der Waals surface area contributed by atoms with Gasteiger partial charge in [0.15, 0.2) is 0 Å². The number of amides is 1. The van der Waals surface area contributed by atoms with Crippen molar-refractivity contribution in [1.29, 1.82) is 0 Å². The first kappa shape index (κ1) is 19.4. The Morgan fingerprint density at radius 2 is 2.00 bits per heavy atom. The largest absolute Gasteiger partial charge is 0.336 e. The minimum absolute atomic E-state index is 0. The molecule has 116 valence electrons. The maximum atomic E-state index is 12.1. The molecule has 4 nitrogen and oxygen atoms in total. The fourth-order valence-electron chi connectivity index (χ4n) is 1.97. The summed E-state index contributed by atoms with van der Waals surface area (Å²) in [6.07, 6.45) is 0.434. The number of carbonyl (C=O) groups excluding carboxylic acids is 1. The van der Waals surface area contributed by atoms with Crippen LogP contribution in [0.5, 0.6) is 0 Å². The summed E-state index contributed by atoms with van der Waals surface area (Å²) in [5.41, 5.74) is 5.49. The summed E-state index contributed by atoms with van der Waals surface area (Å²) in [5.74, 6) is 0.156. The number of likely N-dealkylation sites (N-methyl/N-ethyl adjacent to an activating group) is 1. The predicted octanol–water partition coefficient (Wildman–Crippen LogP) is 2.19. The van der Waals surface area contributed by atoms with E-state index in [1.165, 1.54) is 4.88 Å². The van der Waals surface area contributed by atoms with Crippen LogP contribution < -0.4 is 5.73 Å². The van der Waals surface area contributed by atoms with Crippen LogP contribution in [0.2, 0.25) is 0 Å². The molecular formula is C14H26ClN3OS. The van der Waals surface area contributed by atoms with E-state index in [0.717, 1.165) is 26.2 Å².